The van der Waals surface area contributed by atoms with E-state index in [-0.39, 0.29) is 0 Å². The van der Waals surface area contributed by atoms with Gasteiger partial charge in [0.1, 0.15) is 6.07 Å². The van der Waals surface area contributed by atoms with E-state index in [4.69, 9.17) is 10.5 Å². The minimum Gasteiger partial charge on any atom is -0.320 e. The quantitative estimate of drug-likeness (QED) is 0.678. The summed E-state index contributed by atoms with van der Waals surface area (Å²) in [4.78, 5) is 4.13. The van der Waals surface area contributed by atoms with Crippen LogP contribution in [0.4, 0.5) is 0 Å². The third kappa shape index (κ3) is 1.92. The number of nitrogens with zero attached hydrogens (tertiary/aromatic N) is 4. The maximum atomic E-state index is 8.81. The van der Waals surface area contributed by atoms with E-state index in [0.29, 0.717) is 18.8 Å². The van der Waals surface area contributed by atoms with Crippen LogP contribution >= 0.6 is 0 Å². The lowest BCUT2D eigenvalue weighted by Gasteiger charge is -2.03. The maximum absolute atomic E-state index is 8.81. The molecular formula is C10H12N4. The van der Waals surface area contributed by atoms with Crippen LogP contribution in [0.25, 0.3) is 0 Å². The fourth-order valence-corrected chi connectivity index (χ4v) is 1.33. The van der Waals surface area contributed by atoms with Crippen LogP contribution in [0, 0.1) is 36.5 Å². The van der Waals surface area contributed by atoms with E-state index in [9.17, 15) is 0 Å². The highest BCUT2D eigenvalue weighted by Crippen LogP contribution is 2.10. The van der Waals surface area contributed by atoms with Gasteiger partial charge in [0.15, 0.2) is 0 Å². The second kappa shape index (κ2) is 4.43. The van der Waals surface area contributed by atoms with E-state index < -0.39 is 0 Å². The molecule has 72 valence electrons. The molecule has 1 aromatic heterocycles. The van der Waals surface area contributed by atoms with E-state index >= 15 is 0 Å². The first-order valence-corrected chi connectivity index (χ1v) is 4.51. The molecule has 0 fully saturated rings. The summed E-state index contributed by atoms with van der Waals surface area (Å²) in [5.74, 6) is 0.443. The number of rotatable bonds is 3. The second-order valence-electron chi connectivity index (χ2n) is 3.13. The van der Waals surface area contributed by atoms with E-state index in [1.807, 2.05) is 18.4 Å². The molecule has 0 aliphatic rings. The van der Waals surface area contributed by atoms with Crippen LogP contribution in [0.1, 0.15) is 30.1 Å². The molecule has 0 aliphatic heterocycles. The number of aromatic nitrogens is 2. The summed E-state index contributed by atoms with van der Waals surface area (Å²) in [6.45, 7) is 4.52. The summed E-state index contributed by atoms with van der Waals surface area (Å²) >= 11 is 0. The topological polar surface area (TPSA) is 65.4 Å². The van der Waals surface area contributed by atoms with Gasteiger partial charge in [-0.25, -0.2) is 4.98 Å². The Morgan fingerprint density at radius 3 is 2.64 bits per heavy atom. The van der Waals surface area contributed by atoms with Crippen LogP contribution < -0.4 is 0 Å². The summed E-state index contributed by atoms with van der Waals surface area (Å²) < 4.78 is 1.87. The van der Waals surface area contributed by atoms with Crippen molar-refractivity contribution in [3.05, 3.63) is 17.2 Å². The first-order valence-electron chi connectivity index (χ1n) is 4.51. The van der Waals surface area contributed by atoms with Crippen molar-refractivity contribution in [1.29, 1.82) is 10.5 Å². The molecule has 1 rings (SSSR count). The molecule has 4 nitrogen and oxygen atoms in total. The lowest BCUT2D eigenvalue weighted by molar-refractivity contribution is 0.631. The highest BCUT2D eigenvalue weighted by molar-refractivity contribution is 5.22. The molecule has 0 amide bonds. The molecule has 14 heavy (non-hydrogen) atoms. The van der Waals surface area contributed by atoms with Gasteiger partial charge in [-0.3, -0.25) is 0 Å². The van der Waals surface area contributed by atoms with Gasteiger partial charge in [-0.2, -0.15) is 10.5 Å². The predicted molar refractivity (Wildman–Crippen MR) is 51.3 cm³/mol. The van der Waals surface area contributed by atoms with Gasteiger partial charge in [0.05, 0.1) is 11.8 Å². The molecule has 0 unspecified atom stereocenters. The smallest absolute Gasteiger partial charge is 0.213 e. The number of unbranched alkanes of at least 4 members (excludes halogenated alkanes) is 1. The molecule has 1 aromatic rings. The maximum Gasteiger partial charge on any atom is 0.213 e. The van der Waals surface area contributed by atoms with Gasteiger partial charge in [0.2, 0.25) is 5.82 Å². The van der Waals surface area contributed by atoms with Crippen LogP contribution in [-0.4, -0.2) is 9.55 Å². The third-order valence-corrected chi connectivity index (χ3v) is 2.23. The van der Waals surface area contributed by atoms with Crippen molar-refractivity contribution >= 4 is 0 Å². The molecule has 0 saturated carbocycles. The zero-order valence-corrected chi connectivity index (χ0v) is 8.41. The Morgan fingerprint density at radius 1 is 1.36 bits per heavy atom. The van der Waals surface area contributed by atoms with E-state index in [1.54, 1.807) is 0 Å². The van der Waals surface area contributed by atoms with Crippen molar-refractivity contribution in [2.45, 2.75) is 33.2 Å². The number of nitriles is 2. The zero-order chi connectivity index (χ0) is 10.6. The standard InChI is InChI=1S/C10H12N4/c1-8-9(2)14(6-4-3-5-11)10(7-12)13-8/h3-4,6H2,1-2H3. The van der Waals surface area contributed by atoms with Crippen LogP contribution in [0.15, 0.2) is 0 Å². The Hall–Kier alpha value is -1.81. The van der Waals surface area contributed by atoms with Crippen molar-refractivity contribution in [1.82, 2.24) is 9.55 Å². The number of imidazole rings is 1. The van der Waals surface area contributed by atoms with Crippen molar-refractivity contribution in [3.8, 4) is 12.1 Å². The van der Waals surface area contributed by atoms with Crippen LogP contribution in [-0.2, 0) is 6.54 Å². The van der Waals surface area contributed by atoms with Gasteiger partial charge in [-0.05, 0) is 20.3 Å². The Kier molecular flexibility index (Phi) is 3.25. The fraction of sp³-hybridized carbons (Fsp3) is 0.500. The fourth-order valence-electron chi connectivity index (χ4n) is 1.33. The molecule has 0 aromatic carbocycles. The second-order valence-corrected chi connectivity index (χ2v) is 3.13. The molecule has 4 heteroatoms. The Bertz CT molecular complexity index is 403. The van der Waals surface area contributed by atoms with Gasteiger partial charge in [0.25, 0.3) is 0 Å². The molecule has 0 atom stereocenters. The first kappa shape index (κ1) is 10.3. The Labute approximate surface area is 83.4 Å². The van der Waals surface area contributed by atoms with Crippen LogP contribution in [0.5, 0.6) is 0 Å². The van der Waals surface area contributed by atoms with Crippen LogP contribution in [0.3, 0.4) is 0 Å². The number of hydrogen-bond acceptors (Lipinski definition) is 3. The third-order valence-electron chi connectivity index (χ3n) is 2.23. The molecule has 0 bridgehead atoms. The van der Waals surface area contributed by atoms with E-state index in [1.165, 1.54) is 0 Å². The minimum atomic E-state index is 0.443. The number of aryl methyl sites for hydroxylation is 1. The lowest BCUT2D eigenvalue weighted by Crippen LogP contribution is -2.03. The molecule has 0 saturated heterocycles. The average Bonchev–Trinajstić information content (AvgIpc) is 2.45. The highest BCUT2D eigenvalue weighted by atomic mass is 15.1. The monoisotopic (exact) mass is 188 g/mol. The lowest BCUT2D eigenvalue weighted by atomic mass is 10.3. The molecule has 0 aliphatic carbocycles. The number of hydrogen-bond donors (Lipinski definition) is 0. The molecule has 0 spiro atoms. The van der Waals surface area contributed by atoms with Crippen molar-refractivity contribution in [2.75, 3.05) is 0 Å². The van der Waals surface area contributed by atoms with Crippen LogP contribution in [0.2, 0.25) is 0 Å². The Balaban J connectivity index is 2.85. The van der Waals surface area contributed by atoms with Crippen molar-refractivity contribution in [2.24, 2.45) is 0 Å². The van der Waals surface area contributed by atoms with Gasteiger partial charge < -0.3 is 4.57 Å². The van der Waals surface area contributed by atoms with Gasteiger partial charge in [0, 0.05) is 18.7 Å². The highest BCUT2D eigenvalue weighted by Gasteiger charge is 2.09. The van der Waals surface area contributed by atoms with Gasteiger partial charge >= 0.3 is 0 Å². The largest absolute Gasteiger partial charge is 0.320 e. The van der Waals surface area contributed by atoms with Gasteiger partial charge in [-0.1, -0.05) is 0 Å². The molecular weight excluding hydrogens is 176 g/mol. The van der Waals surface area contributed by atoms with Crippen molar-refractivity contribution < 1.29 is 0 Å². The summed E-state index contributed by atoms with van der Waals surface area (Å²) in [5.41, 5.74) is 1.90. The van der Waals surface area contributed by atoms with Crippen molar-refractivity contribution in [3.63, 3.8) is 0 Å². The van der Waals surface area contributed by atoms with E-state index in [2.05, 4.69) is 17.1 Å². The summed E-state index contributed by atoms with van der Waals surface area (Å²) in [5, 5.41) is 17.2. The molecule has 0 N–H and O–H groups in total. The van der Waals surface area contributed by atoms with E-state index in [0.717, 1.165) is 17.8 Å². The first-order chi connectivity index (χ1) is 6.70. The summed E-state index contributed by atoms with van der Waals surface area (Å²) in [6, 6.07) is 4.14. The SMILES string of the molecule is Cc1nc(C#N)n(CCCC#N)c1C. The average molecular weight is 188 g/mol. The van der Waals surface area contributed by atoms with Gasteiger partial charge in [-0.15, -0.1) is 0 Å². The predicted octanol–water partition coefficient (Wildman–Crippen LogP) is 1.68. The minimum absolute atomic E-state index is 0.443. The zero-order valence-electron chi connectivity index (χ0n) is 8.41. The normalized spacial score (nSPS) is 9.43. The molecule has 0 radical (unpaired) electrons. The Morgan fingerprint density at radius 2 is 2.07 bits per heavy atom. The summed E-state index contributed by atoms with van der Waals surface area (Å²) in [7, 11) is 0. The summed E-state index contributed by atoms with van der Waals surface area (Å²) in [6.07, 6.45) is 1.28. The molecule has 1 heterocycles.